The summed E-state index contributed by atoms with van der Waals surface area (Å²) in [5.41, 5.74) is 2.72. The number of rotatable bonds is 4. The zero-order valence-electron chi connectivity index (χ0n) is 14.0. The minimum atomic E-state index is -0.191. The average molecular weight is 427 g/mol. The Balaban J connectivity index is 1.86. The van der Waals surface area contributed by atoms with Crippen molar-refractivity contribution in [1.29, 1.82) is 0 Å². The van der Waals surface area contributed by atoms with Gasteiger partial charge >= 0.3 is 0 Å². The Bertz CT molecular complexity index is 943. The molecule has 0 saturated carbocycles. The molecule has 1 heterocycles. The number of terminal acetylenes is 1. The lowest BCUT2D eigenvalue weighted by Gasteiger charge is -2.07. The van der Waals surface area contributed by atoms with Crippen molar-refractivity contribution in [3.63, 3.8) is 0 Å². The van der Waals surface area contributed by atoms with Gasteiger partial charge in [-0.05, 0) is 55.1 Å². The molecule has 6 heteroatoms. The standard InChI is InChI=1S/C20H15BrN2O2S/c1-3-10-25-17-9-6-15(21)11-14(17)12-18-19(24)23-20(26-18)22-16-7-4-13(2)5-8-16/h1,4-9,11-12H,10H2,2H3,(H,22,23,24)/b18-12-. The number of nitrogens with zero attached hydrogens (tertiary/aromatic N) is 1. The zero-order valence-corrected chi connectivity index (χ0v) is 16.4. The van der Waals surface area contributed by atoms with Crippen LogP contribution in [0.15, 0.2) is 56.8 Å². The number of hydrogen-bond donors (Lipinski definition) is 1. The summed E-state index contributed by atoms with van der Waals surface area (Å²) in [4.78, 5) is 17.3. The normalized spacial score (nSPS) is 16.6. The van der Waals surface area contributed by atoms with Crippen molar-refractivity contribution in [2.75, 3.05) is 6.61 Å². The van der Waals surface area contributed by atoms with Gasteiger partial charge in [-0.2, -0.15) is 0 Å². The Labute approximate surface area is 164 Å². The summed E-state index contributed by atoms with van der Waals surface area (Å²) in [6.45, 7) is 2.18. The van der Waals surface area contributed by atoms with Crippen molar-refractivity contribution in [3.05, 3.63) is 63.0 Å². The smallest absolute Gasteiger partial charge is 0.264 e. The maximum absolute atomic E-state index is 12.3. The van der Waals surface area contributed by atoms with E-state index < -0.39 is 0 Å². The number of benzene rings is 2. The summed E-state index contributed by atoms with van der Waals surface area (Å²) < 4.78 is 6.43. The largest absolute Gasteiger partial charge is 0.480 e. The summed E-state index contributed by atoms with van der Waals surface area (Å²) in [5.74, 6) is 2.87. The lowest BCUT2D eigenvalue weighted by molar-refractivity contribution is -0.115. The van der Waals surface area contributed by atoms with Crippen LogP contribution >= 0.6 is 27.7 Å². The molecule has 0 radical (unpaired) electrons. The topological polar surface area (TPSA) is 50.7 Å². The van der Waals surface area contributed by atoms with E-state index in [1.54, 1.807) is 6.08 Å². The fraction of sp³-hybridized carbons (Fsp3) is 0.100. The van der Waals surface area contributed by atoms with Crippen LogP contribution in [0.25, 0.3) is 6.08 Å². The quantitative estimate of drug-likeness (QED) is 0.571. The number of ether oxygens (including phenoxy) is 1. The fourth-order valence-corrected chi connectivity index (χ4v) is 3.45. The van der Waals surface area contributed by atoms with Gasteiger partial charge in [0.1, 0.15) is 12.4 Å². The highest BCUT2D eigenvalue weighted by Crippen LogP contribution is 2.32. The third-order valence-electron chi connectivity index (χ3n) is 3.48. The van der Waals surface area contributed by atoms with Crippen LogP contribution < -0.4 is 10.1 Å². The molecule has 3 rings (SSSR count). The predicted molar refractivity (Wildman–Crippen MR) is 110 cm³/mol. The van der Waals surface area contributed by atoms with Crippen LogP contribution in [0.1, 0.15) is 11.1 Å². The van der Waals surface area contributed by atoms with Gasteiger partial charge in [0.2, 0.25) is 0 Å². The van der Waals surface area contributed by atoms with E-state index in [1.165, 1.54) is 11.8 Å². The molecule has 2 aromatic carbocycles. The van der Waals surface area contributed by atoms with Crippen molar-refractivity contribution >= 4 is 50.5 Å². The molecule has 0 aliphatic carbocycles. The van der Waals surface area contributed by atoms with Gasteiger partial charge in [0.15, 0.2) is 5.17 Å². The molecule has 1 N–H and O–H groups in total. The summed E-state index contributed by atoms with van der Waals surface area (Å²) in [5, 5.41) is 3.33. The summed E-state index contributed by atoms with van der Waals surface area (Å²) in [6, 6.07) is 13.3. The van der Waals surface area contributed by atoms with Gasteiger partial charge in [-0.25, -0.2) is 4.99 Å². The molecule has 1 fully saturated rings. The molecule has 0 unspecified atom stereocenters. The highest BCUT2D eigenvalue weighted by Gasteiger charge is 2.24. The minimum absolute atomic E-state index is 0.164. The van der Waals surface area contributed by atoms with Crippen LogP contribution in [-0.4, -0.2) is 17.7 Å². The van der Waals surface area contributed by atoms with Gasteiger partial charge in [-0.15, -0.1) is 6.42 Å². The Morgan fingerprint density at radius 2 is 2.08 bits per heavy atom. The summed E-state index contributed by atoms with van der Waals surface area (Å²) >= 11 is 4.73. The van der Waals surface area contributed by atoms with E-state index in [-0.39, 0.29) is 12.5 Å². The number of amidine groups is 1. The van der Waals surface area contributed by atoms with Crippen LogP contribution in [0.2, 0.25) is 0 Å². The minimum Gasteiger partial charge on any atom is -0.480 e. The maximum atomic E-state index is 12.3. The molecule has 1 aliphatic rings. The number of aliphatic imine (C=N–C) groups is 1. The number of carbonyl (C=O) groups excluding carboxylic acids is 1. The van der Waals surface area contributed by atoms with Crippen LogP contribution in [0.5, 0.6) is 5.75 Å². The Kier molecular flexibility index (Phi) is 5.82. The van der Waals surface area contributed by atoms with Crippen molar-refractivity contribution in [3.8, 4) is 18.1 Å². The molecule has 4 nitrogen and oxygen atoms in total. The molecule has 2 aromatic rings. The second-order valence-corrected chi connectivity index (χ2v) is 7.44. The molecule has 1 saturated heterocycles. The van der Waals surface area contributed by atoms with Crippen LogP contribution in [0.3, 0.4) is 0 Å². The van der Waals surface area contributed by atoms with E-state index in [2.05, 4.69) is 32.2 Å². The number of carbonyl (C=O) groups is 1. The first kappa shape index (κ1) is 18.3. The molecule has 26 heavy (non-hydrogen) atoms. The summed E-state index contributed by atoms with van der Waals surface area (Å²) in [6.07, 6.45) is 7.03. The zero-order chi connectivity index (χ0) is 18.5. The molecular formula is C20H15BrN2O2S. The van der Waals surface area contributed by atoms with Crippen molar-refractivity contribution in [1.82, 2.24) is 5.32 Å². The fourth-order valence-electron chi connectivity index (χ4n) is 2.24. The molecule has 0 bridgehead atoms. The lowest BCUT2D eigenvalue weighted by atomic mass is 10.2. The first-order valence-corrected chi connectivity index (χ1v) is 9.38. The number of hydrogen-bond acceptors (Lipinski definition) is 4. The van der Waals surface area contributed by atoms with Gasteiger partial charge < -0.3 is 10.1 Å². The van der Waals surface area contributed by atoms with E-state index in [4.69, 9.17) is 11.2 Å². The SMILES string of the molecule is C#CCOc1ccc(Br)cc1/C=C1\SC(=Nc2ccc(C)cc2)NC1=O. The molecule has 130 valence electrons. The molecule has 0 spiro atoms. The Hall–Kier alpha value is -2.49. The number of thioether (sulfide) groups is 1. The summed E-state index contributed by atoms with van der Waals surface area (Å²) in [7, 11) is 0. The molecular weight excluding hydrogens is 412 g/mol. The molecule has 0 aromatic heterocycles. The molecule has 1 aliphatic heterocycles. The average Bonchev–Trinajstić information content (AvgIpc) is 2.95. The molecule has 1 amide bonds. The van der Waals surface area contributed by atoms with Crippen LogP contribution in [0, 0.1) is 19.3 Å². The predicted octanol–water partition coefficient (Wildman–Crippen LogP) is 4.66. The first-order valence-electron chi connectivity index (χ1n) is 7.77. The Morgan fingerprint density at radius 3 is 2.81 bits per heavy atom. The van der Waals surface area contributed by atoms with E-state index in [0.29, 0.717) is 15.8 Å². The lowest BCUT2D eigenvalue weighted by Crippen LogP contribution is -2.19. The van der Waals surface area contributed by atoms with Crippen LogP contribution in [0.4, 0.5) is 5.69 Å². The number of aryl methyl sites for hydroxylation is 1. The van der Waals surface area contributed by atoms with E-state index in [0.717, 1.165) is 21.3 Å². The van der Waals surface area contributed by atoms with Gasteiger partial charge in [0.25, 0.3) is 5.91 Å². The monoisotopic (exact) mass is 426 g/mol. The van der Waals surface area contributed by atoms with Crippen LogP contribution in [-0.2, 0) is 4.79 Å². The Morgan fingerprint density at radius 1 is 1.31 bits per heavy atom. The van der Waals surface area contributed by atoms with E-state index >= 15 is 0 Å². The first-order chi connectivity index (χ1) is 12.5. The van der Waals surface area contributed by atoms with Gasteiger partial charge in [0, 0.05) is 10.0 Å². The highest BCUT2D eigenvalue weighted by molar-refractivity contribution is 9.10. The third kappa shape index (κ3) is 4.57. The van der Waals surface area contributed by atoms with Gasteiger partial charge in [-0.1, -0.05) is 39.5 Å². The second kappa shape index (κ2) is 8.26. The number of nitrogens with one attached hydrogen (secondary N) is 1. The number of amides is 1. The van der Waals surface area contributed by atoms with Crippen molar-refractivity contribution in [2.45, 2.75) is 6.92 Å². The van der Waals surface area contributed by atoms with Crippen molar-refractivity contribution < 1.29 is 9.53 Å². The molecule has 0 atom stereocenters. The third-order valence-corrected chi connectivity index (χ3v) is 4.89. The number of halogens is 1. The second-order valence-electron chi connectivity index (χ2n) is 5.49. The van der Waals surface area contributed by atoms with E-state index in [1.807, 2.05) is 49.4 Å². The van der Waals surface area contributed by atoms with E-state index in [9.17, 15) is 4.79 Å². The maximum Gasteiger partial charge on any atom is 0.264 e. The van der Waals surface area contributed by atoms with Crippen molar-refractivity contribution in [2.24, 2.45) is 4.99 Å². The van der Waals surface area contributed by atoms with Gasteiger partial charge in [0.05, 0.1) is 10.6 Å². The highest BCUT2D eigenvalue weighted by atomic mass is 79.9. The van der Waals surface area contributed by atoms with Gasteiger partial charge in [-0.3, -0.25) is 4.79 Å².